The lowest BCUT2D eigenvalue weighted by atomic mass is 9.83. The first-order chi connectivity index (χ1) is 13.1. The molecule has 1 atom stereocenters. The Labute approximate surface area is 168 Å². The van der Waals surface area contributed by atoms with Gasteiger partial charge in [0, 0.05) is 17.5 Å². The fourth-order valence-corrected chi connectivity index (χ4v) is 3.17. The second-order valence-electron chi connectivity index (χ2n) is 8.48. The van der Waals surface area contributed by atoms with E-state index in [1.807, 2.05) is 45.0 Å². The Balaban J connectivity index is 2.07. The van der Waals surface area contributed by atoms with Gasteiger partial charge in [0.15, 0.2) is 0 Å². The zero-order valence-electron chi connectivity index (χ0n) is 17.8. The van der Waals surface area contributed by atoms with E-state index in [9.17, 15) is 9.59 Å². The van der Waals surface area contributed by atoms with E-state index in [2.05, 4.69) is 49.6 Å². The van der Waals surface area contributed by atoms with Gasteiger partial charge in [0.2, 0.25) is 5.91 Å². The minimum atomic E-state index is -0.583. The Hall–Kier alpha value is -2.62. The van der Waals surface area contributed by atoms with Crippen LogP contribution in [0.1, 0.15) is 54.7 Å². The van der Waals surface area contributed by atoms with E-state index in [0.29, 0.717) is 12.1 Å². The molecule has 0 bridgehead atoms. The van der Waals surface area contributed by atoms with Crippen molar-refractivity contribution >= 4 is 11.8 Å². The van der Waals surface area contributed by atoms with Gasteiger partial charge < -0.3 is 10.6 Å². The highest BCUT2D eigenvalue weighted by atomic mass is 16.2. The highest BCUT2D eigenvalue weighted by Gasteiger charge is 2.28. The lowest BCUT2D eigenvalue weighted by Crippen LogP contribution is -2.51. The van der Waals surface area contributed by atoms with Crippen LogP contribution in [0, 0.1) is 19.8 Å². The van der Waals surface area contributed by atoms with E-state index >= 15 is 0 Å². The van der Waals surface area contributed by atoms with Crippen molar-refractivity contribution in [1.29, 1.82) is 0 Å². The zero-order valence-corrected chi connectivity index (χ0v) is 17.8. The quantitative estimate of drug-likeness (QED) is 0.758. The van der Waals surface area contributed by atoms with Crippen molar-refractivity contribution in [3.05, 3.63) is 70.8 Å². The lowest BCUT2D eigenvalue weighted by molar-refractivity contribution is -0.124. The van der Waals surface area contributed by atoms with Crippen LogP contribution in [0.15, 0.2) is 48.5 Å². The monoisotopic (exact) mass is 380 g/mol. The van der Waals surface area contributed by atoms with Gasteiger partial charge in [-0.2, -0.15) is 0 Å². The second-order valence-corrected chi connectivity index (χ2v) is 8.48. The number of hydrogen-bond acceptors (Lipinski definition) is 2. The van der Waals surface area contributed by atoms with Crippen LogP contribution in [0.4, 0.5) is 0 Å². The van der Waals surface area contributed by atoms with Crippen molar-refractivity contribution in [2.45, 2.75) is 53.0 Å². The van der Waals surface area contributed by atoms with Crippen molar-refractivity contribution in [3.8, 4) is 0 Å². The first-order valence-electron chi connectivity index (χ1n) is 9.83. The molecule has 0 spiro atoms. The largest absolute Gasteiger partial charge is 0.353 e. The van der Waals surface area contributed by atoms with Crippen LogP contribution >= 0.6 is 0 Å². The van der Waals surface area contributed by atoms with Crippen molar-refractivity contribution in [3.63, 3.8) is 0 Å². The van der Waals surface area contributed by atoms with Crippen LogP contribution in [0.2, 0.25) is 0 Å². The number of hydrogen-bond donors (Lipinski definition) is 2. The molecule has 2 amide bonds. The second kappa shape index (κ2) is 9.05. The van der Waals surface area contributed by atoms with Crippen LogP contribution in [0.25, 0.3) is 0 Å². The fraction of sp³-hybridized carbons (Fsp3) is 0.417. The smallest absolute Gasteiger partial charge is 0.252 e. The molecule has 2 aromatic rings. The minimum absolute atomic E-state index is 0.0185. The SMILES string of the molecule is Cc1cccc(C(C)(C)CNC(=O)C(NC(=O)c2ccccc2C)C(C)C)c1. The van der Waals surface area contributed by atoms with Crippen LogP contribution in [0.3, 0.4) is 0 Å². The first-order valence-corrected chi connectivity index (χ1v) is 9.83. The number of carbonyl (C=O) groups is 2. The average Bonchev–Trinajstić information content (AvgIpc) is 2.64. The Morgan fingerprint density at radius 1 is 1.00 bits per heavy atom. The van der Waals surface area contributed by atoms with Gasteiger partial charge in [-0.25, -0.2) is 0 Å². The summed E-state index contributed by atoms with van der Waals surface area (Å²) in [5.74, 6) is -0.391. The maximum Gasteiger partial charge on any atom is 0.252 e. The molecule has 1 unspecified atom stereocenters. The van der Waals surface area contributed by atoms with Gasteiger partial charge in [0.25, 0.3) is 5.91 Å². The van der Waals surface area contributed by atoms with E-state index < -0.39 is 6.04 Å². The summed E-state index contributed by atoms with van der Waals surface area (Å²) >= 11 is 0. The molecule has 0 radical (unpaired) electrons. The van der Waals surface area contributed by atoms with E-state index in [-0.39, 0.29) is 23.1 Å². The van der Waals surface area contributed by atoms with Gasteiger partial charge in [-0.05, 0) is 37.0 Å². The summed E-state index contributed by atoms with van der Waals surface area (Å²) in [4.78, 5) is 25.5. The van der Waals surface area contributed by atoms with Gasteiger partial charge in [-0.15, -0.1) is 0 Å². The molecule has 4 nitrogen and oxygen atoms in total. The van der Waals surface area contributed by atoms with Crippen LogP contribution in [-0.2, 0) is 10.2 Å². The lowest BCUT2D eigenvalue weighted by Gasteiger charge is -2.28. The fourth-order valence-electron chi connectivity index (χ4n) is 3.17. The first kappa shape index (κ1) is 21.7. The predicted octanol–water partition coefficient (Wildman–Crippen LogP) is 4.15. The molecule has 28 heavy (non-hydrogen) atoms. The molecule has 0 heterocycles. The molecule has 0 aliphatic rings. The van der Waals surface area contributed by atoms with Crippen LogP contribution in [-0.4, -0.2) is 24.4 Å². The summed E-state index contributed by atoms with van der Waals surface area (Å²) in [5.41, 5.74) is 3.66. The highest BCUT2D eigenvalue weighted by molar-refractivity contribution is 5.98. The molecule has 0 aromatic heterocycles. The van der Waals surface area contributed by atoms with Gasteiger partial charge in [-0.1, -0.05) is 75.7 Å². The number of benzene rings is 2. The predicted molar refractivity (Wildman–Crippen MR) is 114 cm³/mol. The molecule has 0 aliphatic heterocycles. The number of nitrogens with one attached hydrogen (secondary N) is 2. The Morgan fingerprint density at radius 2 is 1.68 bits per heavy atom. The normalized spacial score (nSPS) is 12.5. The van der Waals surface area contributed by atoms with E-state index in [1.54, 1.807) is 6.07 Å². The molecule has 0 saturated heterocycles. The summed E-state index contributed by atoms with van der Waals surface area (Å²) in [5, 5.41) is 5.95. The van der Waals surface area contributed by atoms with E-state index in [1.165, 1.54) is 11.1 Å². The molecule has 150 valence electrons. The number of rotatable bonds is 7. The third-order valence-electron chi connectivity index (χ3n) is 5.13. The van der Waals surface area contributed by atoms with Crippen molar-refractivity contribution in [2.75, 3.05) is 6.54 Å². The average molecular weight is 381 g/mol. The van der Waals surface area contributed by atoms with Gasteiger partial charge in [-0.3, -0.25) is 9.59 Å². The van der Waals surface area contributed by atoms with Gasteiger partial charge >= 0.3 is 0 Å². The summed E-state index contributed by atoms with van der Waals surface area (Å²) in [6.07, 6.45) is 0. The number of carbonyl (C=O) groups excluding carboxylic acids is 2. The topological polar surface area (TPSA) is 58.2 Å². The maximum atomic E-state index is 12.9. The van der Waals surface area contributed by atoms with Crippen molar-refractivity contribution < 1.29 is 9.59 Å². The van der Waals surface area contributed by atoms with Gasteiger partial charge in [0.1, 0.15) is 6.04 Å². The Morgan fingerprint density at radius 3 is 2.29 bits per heavy atom. The Bertz CT molecular complexity index is 840. The third-order valence-corrected chi connectivity index (χ3v) is 5.13. The Kier molecular flexibility index (Phi) is 7.00. The summed E-state index contributed by atoms with van der Waals surface area (Å²) < 4.78 is 0. The number of amides is 2. The summed E-state index contributed by atoms with van der Waals surface area (Å²) in [6.45, 7) is 12.6. The molecular formula is C24H32N2O2. The molecule has 0 fully saturated rings. The number of aryl methyl sites for hydroxylation is 2. The maximum absolute atomic E-state index is 12.9. The molecule has 0 aliphatic carbocycles. The molecule has 4 heteroatoms. The molecule has 0 saturated carbocycles. The molecule has 2 aromatic carbocycles. The third kappa shape index (κ3) is 5.44. The van der Waals surface area contributed by atoms with Crippen LogP contribution in [0.5, 0.6) is 0 Å². The molecule has 2 rings (SSSR count). The van der Waals surface area contributed by atoms with Crippen molar-refractivity contribution in [1.82, 2.24) is 10.6 Å². The standard InChI is InChI=1S/C24H32N2O2/c1-16(2)21(26-22(27)20-13-8-7-11-18(20)4)23(28)25-15-24(5,6)19-12-9-10-17(3)14-19/h7-14,16,21H,15H2,1-6H3,(H,25,28)(H,26,27). The van der Waals surface area contributed by atoms with E-state index in [0.717, 1.165) is 5.56 Å². The van der Waals surface area contributed by atoms with Crippen LogP contribution < -0.4 is 10.6 Å². The zero-order chi connectivity index (χ0) is 20.9. The summed E-state index contributed by atoms with van der Waals surface area (Å²) in [6, 6.07) is 15.1. The summed E-state index contributed by atoms with van der Waals surface area (Å²) in [7, 11) is 0. The van der Waals surface area contributed by atoms with E-state index in [4.69, 9.17) is 0 Å². The van der Waals surface area contributed by atoms with Crippen molar-refractivity contribution in [2.24, 2.45) is 5.92 Å². The van der Waals surface area contributed by atoms with Gasteiger partial charge in [0.05, 0.1) is 0 Å². The highest BCUT2D eigenvalue weighted by Crippen LogP contribution is 2.23. The minimum Gasteiger partial charge on any atom is -0.353 e. The molecular weight excluding hydrogens is 348 g/mol. The molecule has 2 N–H and O–H groups in total.